The van der Waals surface area contributed by atoms with E-state index in [0.717, 1.165) is 93.8 Å². The first kappa shape index (κ1) is 35.4. The van der Waals surface area contributed by atoms with Crippen LogP contribution in [0.15, 0.2) is 57.9 Å². The van der Waals surface area contributed by atoms with Gasteiger partial charge in [-0.3, -0.25) is 24.5 Å². The smallest absolute Gasteiger partial charge is 0.282 e. The van der Waals surface area contributed by atoms with Crippen molar-refractivity contribution in [3.63, 3.8) is 0 Å². The van der Waals surface area contributed by atoms with Gasteiger partial charge in [-0.1, -0.05) is 18.2 Å². The van der Waals surface area contributed by atoms with Crippen molar-refractivity contribution in [2.45, 2.75) is 69.7 Å². The van der Waals surface area contributed by atoms with E-state index in [2.05, 4.69) is 78.8 Å². The van der Waals surface area contributed by atoms with Gasteiger partial charge in [-0.2, -0.15) is 5.10 Å². The van der Waals surface area contributed by atoms with Crippen LogP contribution in [-0.2, 0) is 16.6 Å². The highest BCUT2D eigenvalue weighted by Crippen LogP contribution is 2.43. The van der Waals surface area contributed by atoms with Crippen LogP contribution in [0.5, 0.6) is 0 Å². The number of piperidine rings is 4. The molecule has 0 saturated carbocycles. The van der Waals surface area contributed by atoms with Crippen molar-refractivity contribution >= 4 is 45.0 Å². The minimum absolute atomic E-state index is 0.109. The molecule has 12 heteroatoms. The number of aromatic nitrogens is 2. The van der Waals surface area contributed by atoms with Crippen molar-refractivity contribution in [2.24, 2.45) is 12.5 Å². The van der Waals surface area contributed by atoms with Gasteiger partial charge in [0.15, 0.2) is 0 Å². The molecule has 4 aliphatic heterocycles. The van der Waals surface area contributed by atoms with Crippen LogP contribution < -0.4 is 21.1 Å². The third-order valence-corrected chi connectivity index (χ3v) is 12.6. The maximum Gasteiger partial charge on any atom is 0.282 e. The van der Waals surface area contributed by atoms with Crippen molar-refractivity contribution in [3.05, 3.63) is 85.7 Å². The molecule has 3 atom stereocenters. The Hall–Kier alpha value is -4.03. The zero-order valence-corrected chi connectivity index (χ0v) is 31.4. The van der Waals surface area contributed by atoms with Gasteiger partial charge in [-0.25, -0.2) is 4.68 Å². The number of amides is 3. The number of anilines is 2. The summed E-state index contributed by atoms with van der Waals surface area (Å²) in [6, 6.07) is 14.8. The van der Waals surface area contributed by atoms with Crippen LogP contribution in [-0.4, -0.2) is 89.7 Å². The molecular weight excluding hydrogens is 710 g/mol. The van der Waals surface area contributed by atoms with Crippen LogP contribution in [0.3, 0.4) is 0 Å². The number of likely N-dealkylation sites (N-methyl/N-ethyl adjacent to an activating group) is 1. The standard InChI is InChI=1S/C39H48BrN7O4/c1-25-4-9-30(21-32(25)31-10-11-34(48)43-36(31)49)46-16-12-39(13-17-46)14-18-47(19-15-39)37(50)27-7-5-26(6-8-27)28-20-29(24-44(2)23-28)42-33-22-41-45(3)38(51)35(33)40/h4-9,21-22,28-29,31,42H,10-20,23-24H2,1-3H3,(H,43,48,49). The van der Waals surface area contributed by atoms with Gasteiger partial charge in [-0.15, -0.1) is 0 Å². The minimum Gasteiger partial charge on any atom is -0.379 e. The summed E-state index contributed by atoms with van der Waals surface area (Å²) in [6.45, 7) is 7.29. The highest BCUT2D eigenvalue weighted by atomic mass is 79.9. The molecule has 1 aromatic heterocycles. The summed E-state index contributed by atoms with van der Waals surface area (Å²) in [6.07, 6.45) is 7.75. The van der Waals surface area contributed by atoms with E-state index in [1.54, 1.807) is 13.2 Å². The first-order valence-corrected chi connectivity index (χ1v) is 19.0. The molecule has 0 radical (unpaired) electrons. The van der Waals surface area contributed by atoms with Crippen LogP contribution in [0.25, 0.3) is 0 Å². The van der Waals surface area contributed by atoms with Crippen LogP contribution in [0, 0.1) is 12.3 Å². The van der Waals surface area contributed by atoms with Crippen molar-refractivity contribution < 1.29 is 14.4 Å². The molecular formula is C39H48BrN7O4. The molecule has 4 fully saturated rings. The van der Waals surface area contributed by atoms with E-state index in [1.165, 1.54) is 10.2 Å². The number of hydrogen-bond acceptors (Lipinski definition) is 8. The number of nitrogens with one attached hydrogen (secondary N) is 2. The lowest BCUT2D eigenvalue weighted by Crippen LogP contribution is -2.48. The third kappa shape index (κ3) is 7.48. The summed E-state index contributed by atoms with van der Waals surface area (Å²) >= 11 is 3.43. The molecule has 4 saturated heterocycles. The zero-order valence-electron chi connectivity index (χ0n) is 29.8. The van der Waals surface area contributed by atoms with Crippen molar-refractivity contribution in [1.29, 1.82) is 0 Å². The van der Waals surface area contributed by atoms with Gasteiger partial charge in [0.1, 0.15) is 4.47 Å². The summed E-state index contributed by atoms with van der Waals surface area (Å²) in [4.78, 5) is 57.1. The second kappa shape index (κ2) is 14.5. The average Bonchev–Trinajstić information content (AvgIpc) is 3.13. The van der Waals surface area contributed by atoms with E-state index in [4.69, 9.17) is 0 Å². The Labute approximate surface area is 307 Å². The SMILES string of the molecule is Cc1ccc(N2CCC3(CCN(C(=O)c4ccc(C5CC(Nc6cnn(C)c(=O)c6Br)CN(C)C5)cc4)CC3)CC2)cc1C1CCC(=O)NC1=O. The van der Waals surface area contributed by atoms with Crippen molar-refractivity contribution in [2.75, 3.05) is 56.5 Å². The fourth-order valence-corrected chi connectivity index (χ4v) is 9.16. The predicted octanol–water partition coefficient (Wildman–Crippen LogP) is 4.79. The summed E-state index contributed by atoms with van der Waals surface area (Å²) in [7, 11) is 3.75. The van der Waals surface area contributed by atoms with Crippen LogP contribution in [0.1, 0.15) is 83.8 Å². The summed E-state index contributed by atoms with van der Waals surface area (Å²) in [5.41, 5.74) is 6.00. The normalized spacial score (nSPS) is 24.0. The molecule has 4 aliphatic rings. The molecule has 3 amide bonds. The van der Waals surface area contributed by atoms with Gasteiger partial charge in [0.25, 0.3) is 11.5 Å². The molecule has 11 nitrogen and oxygen atoms in total. The molecule has 5 heterocycles. The second-order valence-corrected chi connectivity index (χ2v) is 16.0. The number of aryl methyl sites for hydroxylation is 2. The molecule has 3 unspecified atom stereocenters. The van der Waals surface area contributed by atoms with Gasteiger partial charge in [-0.05, 0) is 121 Å². The Morgan fingerprint density at radius 2 is 1.67 bits per heavy atom. The number of hydrogen-bond donors (Lipinski definition) is 2. The number of benzene rings is 2. The second-order valence-electron chi connectivity index (χ2n) is 15.2. The lowest BCUT2D eigenvalue weighted by molar-refractivity contribution is -0.134. The van der Waals surface area contributed by atoms with Gasteiger partial charge in [0.2, 0.25) is 11.8 Å². The summed E-state index contributed by atoms with van der Waals surface area (Å²) in [5.74, 6) is -0.243. The number of likely N-dealkylation sites (tertiary alicyclic amines) is 2. The number of carbonyl (C=O) groups is 3. The summed E-state index contributed by atoms with van der Waals surface area (Å²) in [5, 5.41) is 10.2. The third-order valence-electron chi connectivity index (χ3n) is 11.9. The Kier molecular flexibility index (Phi) is 10.1. The van der Waals surface area contributed by atoms with Crippen molar-refractivity contribution in [1.82, 2.24) is 24.9 Å². The molecule has 3 aromatic rings. The molecule has 0 aliphatic carbocycles. The van der Waals surface area contributed by atoms with E-state index in [9.17, 15) is 19.2 Å². The van der Waals surface area contributed by atoms with Crippen LogP contribution >= 0.6 is 15.9 Å². The molecule has 0 bridgehead atoms. The van der Waals surface area contributed by atoms with E-state index in [-0.39, 0.29) is 40.7 Å². The number of imide groups is 1. The number of rotatable bonds is 6. The molecule has 51 heavy (non-hydrogen) atoms. The fraction of sp³-hybridized carbons (Fsp3) is 0.513. The van der Waals surface area contributed by atoms with Gasteiger partial charge in [0, 0.05) is 70.0 Å². The highest BCUT2D eigenvalue weighted by molar-refractivity contribution is 9.10. The van der Waals surface area contributed by atoms with E-state index < -0.39 is 0 Å². The van der Waals surface area contributed by atoms with E-state index in [1.807, 2.05) is 24.0 Å². The van der Waals surface area contributed by atoms with Crippen LogP contribution in [0.2, 0.25) is 0 Å². The molecule has 2 N–H and O–H groups in total. The quantitative estimate of drug-likeness (QED) is 0.345. The number of carbonyl (C=O) groups excluding carboxylic acids is 3. The van der Waals surface area contributed by atoms with Gasteiger partial charge in [0.05, 0.1) is 17.8 Å². The minimum atomic E-state index is -0.278. The van der Waals surface area contributed by atoms with Gasteiger partial charge < -0.3 is 20.0 Å². The first-order valence-electron chi connectivity index (χ1n) is 18.2. The number of nitrogens with zero attached hydrogens (tertiary/aromatic N) is 5. The highest BCUT2D eigenvalue weighted by Gasteiger charge is 2.39. The maximum atomic E-state index is 13.6. The monoisotopic (exact) mass is 757 g/mol. The molecule has 7 rings (SSSR count). The average molecular weight is 759 g/mol. The molecule has 270 valence electrons. The lowest BCUT2D eigenvalue weighted by Gasteiger charge is -2.47. The largest absolute Gasteiger partial charge is 0.379 e. The maximum absolute atomic E-state index is 13.6. The van der Waals surface area contributed by atoms with E-state index in [0.29, 0.717) is 28.9 Å². The topological polar surface area (TPSA) is 120 Å². The van der Waals surface area contributed by atoms with E-state index >= 15 is 0 Å². The Morgan fingerprint density at radius 3 is 2.37 bits per heavy atom. The number of halogens is 1. The Balaban J connectivity index is 0.923. The fourth-order valence-electron chi connectivity index (χ4n) is 8.69. The van der Waals surface area contributed by atoms with Crippen molar-refractivity contribution in [3.8, 4) is 0 Å². The molecule has 1 spiro atoms. The predicted molar refractivity (Wildman–Crippen MR) is 201 cm³/mol. The lowest BCUT2D eigenvalue weighted by atomic mass is 9.71. The molecule has 2 aromatic carbocycles. The van der Waals surface area contributed by atoms with Gasteiger partial charge >= 0.3 is 0 Å². The first-order chi connectivity index (χ1) is 24.5. The van der Waals surface area contributed by atoms with Crippen LogP contribution in [0.4, 0.5) is 11.4 Å². The Bertz CT molecular complexity index is 1860. The Morgan fingerprint density at radius 1 is 0.961 bits per heavy atom. The summed E-state index contributed by atoms with van der Waals surface area (Å²) < 4.78 is 1.81. The zero-order chi connectivity index (χ0) is 35.9.